The Morgan fingerprint density at radius 3 is 2.17 bits per heavy atom. The Hall–Kier alpha value is 0.970. The number of hydrogen-bond donors (Lipinski definition) is 3. The summed E-state index contributed by atoms with van der Waals surface area (Å²) in [6.07, 6.45) is 0. The van der Waals surface area contributed by atoms with Gasteiger partial charge in [0, 0.05) is 0 Å². The van der Waals surface area contributed by atoms with Gasteiger partial charge in [-0.2, -0.15) is 0 Å². The first-order valence-electron chi connectivity index (χ1n) is 1.23. The zero-order valence-corrected chi connectivity index (χ0v) is 5.52. The van der Waals surface area contributed by atoms with Crippen molar-refractivity contribution in [2.75, 3.05) is 0 Å². The summed E-state index contributed by atoms with van der Waals surface area (Å²) in [5.41, 5.74) is 5.13. The Balaban J connectivity index is 2.63. The fourth-order valence-corrected chi connectivity index (χ4v) is 0.959. The van der Waals surface area contributed by atoms with Crippen molar-refractivity contribution in [2.24, 2.45) is 10.9 Å². The molecule has 1 atom stereocenters. The molecule has 0 aromatic carbocycles. The van der Waals surface area contributed by atoms with Crippen molar-refractivity contribution < 1.29 is 0 Å². The molecule has 0 aliphatic carbocycles. The molecule has 0 fully saturated rings. The smallest absolute Gasteiger partial charge is 0.106 e. The van der Waals surface area contributed by atoms with Crippen molar-refractivity contribution in [1.82, 2.24) is 0 Å². The molecular formula is CH6N2S3. The van der Waals surface area contributed by atoms with E-state index in [1.54, 1.807) is 0 Å². The molecular weight excluding hydrogens is 136 g/mol. The molecule has 0 amide bonds. The first-order chi connectivity index (χ1) is 2.77. The summed E-state index contributed by atoms with van der Waals surface area (Å²) >= 11 is 3.82. The zero-order chi connectivity index (χ0) is 4.99. The van der Waals surface area contributed by atoms with E-state index in [4.69, 9.17) is 10.9 Å². The molecule has 0 unspecified atom stereocenters. The molecule has 4 N–H and O–H groups in total. The molecule has 0 rings (SSSR count). The van der Waals surface area contributed by atoms with Gasteiger partial charge < -0.3 is 5.73 Å². The largest absolute Gasteiger partial charge is 0.310 e. The van der Waals surface area contributed by atoms with Crippen LogP contribution >= 0.6 is 34.4 Å². The quantitative estimate of drug-likeness (QED) is 0.226. The average Bonchev–Trinajstić information content (AvgIpc) is 1.35. The summed E-state index contributed by atoms with van der Waals surface area (Å²) < 4.78 is -0.153. The molecule has 0 saturated carbocycles. The van der Waals surface area contributed by atoms with Crippen molar-refractivity contribution in [3.8, 4) is 0 Å². The molecule has 0 aromatic heterocycles. The van der Waals surface area contributed by atoms with Crippen LogP contribution in [0.5, 0.6) is 0 Å². The van der Waals surface area contributed by atoms with E-state index in [9.17, 15) is 0 Å². The van der Waals surface area contributed by atoms with Crippen LogP contribution in [0.2, 0.25) is 0 Å². The van der Waals surface area contributed by atoms with E-state index in [2.05, 4.69) is 12.6 Å². The lowest BCUT2D eigenvalue weighted by Crippen LogP contribution is -2.04. The lowest BCUT2D eigenvalue weighted by Gasteiger charge is -1.94. The maximum Gasteiger partial charge on any atom is 0.106 e. The van der Waals surface area contributed by atoms with Crippen LogP contribution in [0.25, 0.3) is 0 Å². The Labute approximate surface area is 50.4 Å². The summed E-state index contributed by atoms with van der Waals surface area (Å²) in [6, 6.07) is 0. The van der Waals surface area contributed by atoms with Gasteiger partial charge in [0.2, 0.25) is 0 Å². The van der Waals surface area contributed by atoms with Crippen molar-refractivity contribution in [3.05, 3.63) is 0 Å². The standard InChI is InChI=1S/CH6N2S3/c2-1(4)5-6-3/h1,4H,2-3H2/t1-/m0/s1. The van der Waals surface area contributed by atoms with E-state index in [-0.39, 0.29) is 4.71 Å². The number of rotatable bonds is 2. The molecule has 0 radical (unpaired) electrons. The first kappa shape index (κ1) is 6.97. The number of hydrogen-bond acceptors (Lipinski definition) is 5. The van der Waals surface area contributed by atoms with Crippen LogP contribution in [0.4, 0.5) is 0 Å². The summed E-state index contributed by atoms with van der Waals surface area (Å²) in [6.45, 7) is 0. The van der Waals surface area contributed by atoms with Crippen LogP contribution < -0.4 is 10.9 Å². The fourth-order valence-electron chi connectivity index (χ4n) is 0.0569. The van der Waals surface area contributed by atoms with Gasteiger partial charge in [-0.15, -0.1) is 12.6 Å². The van der Waals surface area contributed by atoms with Gasteiger partial charge in [0.15, 0.2) is 0 Å². The van der Waals surface area contributed by atoms with Crippen LogP contribution in [-0.4, -0.2) is 4.71 Å². The van der Waals surface area contributed by atoms with Gasteiger partial charge in [-0.25, -0.2) is 0 Å². The maximum atomic E-state index is 5.13. The van der Waals surface area contributed by atoms with E-state index in [1.165, 1.54) is 10.8 Å². The first-order valence-corrected chi connectivity index (χ1v) is 4.02. The molecule has 0 saturated heterocycles. The fraction of sp³-hybridized carbons (Fsp3) is 1.00. The molecule has 0 aliphatic rings. The lowest BCUT2D eigenvalue weighted by molar-refractivity contribution is 1.33. The van der Waals surface area contributed by atoms with Gasteiger partial charge in [0.1, 0.15) is 4.71 Å². The van der Waals surface area contributed by atoms with E-state index >= 15 is 0 Å². The maximum absolute atomic E-state index is 5.13. The SMILES string of the molecule is NSS[C@@H](N)S. The highest BCUT2D eigenvalue weighted by molar-refractivity contribution is 8.77. The minimum absolute atomic E-state index is 0.153. The highest BCUT2D eigenvalue weighted by Gasteiger charge is 1.88. The van der Waals surface area contributed by atoms with E-state index in [1.807, 2.05) is 0 Å². The second-order valence-electron chi connectivity index (χ2n) is 0.583. The normalized spacial score (nSPS) is 14.5. The average molecular weight is 142 g/mol. The molecule has 0 bridgehead atoms. The lowest BCUT2D eigenvalue weighted by atomic mass is 11.5. The van der Waals surface area contributed by atoms with E-state index in [0.717, 1.165) is 11.0 Å². The van der Waals surface area contributed by atoms with Gasteiger partial charge in [-0.3, -0.25) is 5.14 Å². The summed E-state index contributed by atoms with van der Waals surface area (Å²) in [7, 11) is 2.45. The predicted octanol–water partition coefficient (Wildman–Crippen LogP) is 0.414. The highest BCUT2D eigenvalue weighted by Crippen LogP contribution is 2.18. The Morgan fingerprint density at radius 1 is 1.67 bits per heavy atom. The highest BCUT2D eigenvalue weighted by atomic mass is 33.1. The Morgan fingerprint density at radius 2 is 2.17 bits per heavy atom. The summed E-state index contributed by atoms with van der Waals surface area (Å²) in [5, 5.41) is 4.98. The van der Waals surface area contributed by atoms with Crippen LogP contribution in [0.3, 0.4) is 0 Å². The molecule has 0 aromatic rings. The summed E-state index contributed by atoms with van der Waals surface area (Å²) in [4.78, 5) is 0. The van der Waals surface area contributed by atoms with Gasteiger partial charge >= 0.3 is 0 Å². The zero-order valence-electron chi connectivity index (χ0n) is 3.00. The van der Waals surface area contributed by atoms with Gasteiger partial charge in [-0.1, -0.05) is 0 Å². The molecule has 0 spiro atoms. The molecule has 38 valence electrons. The van der Waals surface area contributed by atoms with Crippen LogP contribution in [0, 0.1) is 0 Å². The number of thiol groups is 1. The molecule has 6 heavy (non-hydrogen) atoms. The van der Waals surface area contributed by atoms with Crippen LogP contribution in [0.1, 0.15) is 0 Å². The van der Waals surface area contributed by atoms with Crippen LogP contribution in [0.15, 0.2) is 0 Å². The second-order valence-corrected chi connectivity index (χ2v) is 3.54. The summed E-state index contributed by atoms with van der Waals surface area (Å²) in [5.74, 6) is 0. The van der Waals surface area contributed by atoms with E-state index in [0.29, 0.717) is 0 Å². The van der Waals surface area contributed by atoms with E-state index < -0.39 is 0 Å². The molecule has 2 nitrogen and oxygen atoms in total. The third kappa shape index (κ3) is 4.97. The Kier molecular flexibility index (Phi) is 4.81. The third-order valence-corrected chi connectivity index (χ3v) is 2.16. The predicted molar refractivity (Wildman–Crippen MR) is 36.3 cm³/mol. The minimum atomic E-state index is -0.153. The monoisotopic (exact) mass is 142 g/mol. The van der Waals surface area contributed by atoms with Crippen molar-refractivity contribution in [3.63, 3.8) is 0 Å². The number of nitrogens with two attached hydrogens (primary N) is 2. The van der Waals surface area contributed by atoms with Gasteiger partial charge in [-0.05, 0) is 21.8 Å². The minimum Gasteiger partial charge on any atom is -0.310 e. The molecule has 5 heteroatoms. The third-order valence-electron chi connectivity index (χ3n) is 0.154. The Bertz CT molecular complexity index is 30.0. The van der Waals surface area contributed by atoms with Crippen molar-refractivity contribution in [2.45, 2.75) is 4.71 Å². The van der Waals surface area contributed by atoms with Crippen molar-refractivity contribution >= 4 is 34.4 Å². The van der Waals surface area contributed by atoms with Gasteiger partial charge in [0.25, 0.3) is 0 Å². The van der Waals surface area contributed by atoms with Gasteiger partial charge in [0.05, 0.1) is 0 Å². The molecule has 0 aliphatic heterocycles. The van der Waals surface area contributed by atoms with Crippen LogP contribution in [-0.2, 0) is 0 Å². The van der Waals surface area contributed by atoms with Crippen molar-refractivity contribution in [1.29, 1.82) is 0 Å². The second kappa shape index (κ2) is 4.14. The molecule has 0 heterocycles. The topological polar surface area (TPSA) is 52.0 Å².